The Bertz CT molecular complexity index is 658. The van der Waals surface area contributed by atoms with Crippen LogP contribution in [0.15, 0.2) is 36.8 Å². The predicted octanol–water partition coefficient (Wildman–Crippen LogP) is 3.96. The largest absolute Gasteiger partial charge is 0.344 e. The zero-order valence-corrected chi connectivity index (χ0v) is 13.8. The summed E-state index contributed by atoms with van der Waals surface area (Å²) in [5.74, 6) is 0.173. The fourth-order valence-corrected chi connectivity index (χ4v) is 2.61. The van der Waals surface area contributed by atoms with Crippen molar-refractivity contribution in [2.75, 3.05) is 0 Å². The summed E-state index contributed by atoms with van der Waals surface area (Å²) in [6.45, 7) is 6.32. The number of amides is 1. The smallest absolute Gasteiger partial charge is 0.272 e. The molecule has 22 heavy (non-hydrogen) atoms. The second-order valence-electron chi connectivity index (χ2n) is 5.73. The summed E-state index contributed by atoms with van der Waals surface area (Å²) in [6.07, 6.45) is 3.60. The summed E-state index contributed by atoms with van der Waals surface area (Å²) in [7, 11) is 0. The van der Waals surface area contributed by atoms with E-state index in [9.17, 15) is 4.79 Å². The number of carbonyl (C=O) groups excluding carboxylic acids is 1. The molecule has 1 unspecified atom stereocenters. The monoisotopic (exact) mass is 317 g/mol. The Labute approximate surface area is 135 Å². The summed E-state index contributed by atoms with van der Waals surface area (Å²) in [6, 6.07) is 8.00. The quantitative estimate of drug-likeness (QED) is 0.908. The highest BCUT2D eigenvalue weighted by Crippen LogP contribution is 2.25. The van der Waals surface area contributed by atoms with E-state index in [0.717, 1.165) is 17.5 Å². The van der Waals surface area contributed by atoms with Gasteiger partial charge in [-0.25, -0.2) is 9.97 Å². The van der Waals surface area contributed by atoms with Gasteiger partial charge in [-0.2, -0.15) is 0 Å². The lowest BCUT2D eigenvalue weighted by Crippen LogP contribution is -2.30. The molecule has 1 heterocycles. The molecule has 0 saturated heterocycles. The molecule has 1 aromatic carbocycles. The molecule has 1 amide bonds. The number of nitrogens with zero attached hydrogens (tertiary/aromatic N) is 2. The highest BCUT2D eigenvalue weighted by Gasteiger charge is 2.20. The van der Waals surface area contributed by atoms with Gasteiger partial charge in [0.1, 0.15) is 12.0 Å². The highest BCUT2D eigenvalue weighted by molar-refractivity contribution is 6.33. The fourth-order valence-electron chi connectivity index (χ4n) is 2.42. The average molecular weight is 318 g/mol. The van der Waals surface area contributed by atoms with E-state index >= 15 is 0 Å². The number of hydrogen-bond donors (Lipinski definition) is 1. The van der Waals surface area contributed by atoms with Gasteiger partial charge in [-0.1, -0.05) is 49.7 Å². The van der Waals surface area contributed by atoms with Crippen molar-refractivity contribution < 1.29 is 4.79 Å². The zero-order valence-electron chi connectivity index (χ0n) is 13.0. The van der Waals surface area contributed by atoms with Crippen LogP contribution in [0.2, 0.25) is 5.02 Å². The molecule has 1 atom stereocenters. The molecule has 0 aliphatic rings. The Morgan fingerprint density at radius 1 is 1.32 bits per heavy atom. The normalized spacial score (nSPS) is 12.2. The number of halogens is 1. The van der Waals surface area contributed by atoms with Crippen molar-refractivity contribution in [3.8, 4) is 0 Å². The lowest BCUT2D eigenvalue weighted by molar-refractivity contribution is 0.0927. The van der Waals surface area contributed by atoms with Gasteiger partial charge in [-0.15, -0.1) is 0 Å². The second-order valence-corrected chi connectivity index (χ2v) is 6.14. The van der Waals surface area contributed by atoms with Gasteiger partial charge in [0.25, 0.3) is 5.91 Å². The van der Waals surface area contributed by atoms with Gasteiger partial charge in [-0.3, -0.25) is 4.79 Å². The molecule has 0 fully saturated rings. The van der Waals surface area contributed by atoms with Crippen molar-refractivity contribution in [2.45, 2.75) is 33.2 Å². The maximum Gasteiger partial charge on any atom is 0.272 e. The number of hydrogen-bond acceptors (Lipinski definition) is 3. The van der Waals surface area contributed by atoms with Crippen LogP contribution < -0.4 is 5.32 Å². The standard InChI is InChI=1S/C17H20ClN3O/c1-11(2)8-15(13-7-5-4-6-12(13)3)21-17(22)16-14(18)9-19-10-20-16/h4-7,9-11,15H,8H2,1-3H3,(H,21,22). The maximum absolute atomic E-state index is 12.5. The van der Waals surface area contributed by atoms with E-state index in [1.54, 1.807) is 0 Å². The Morgan fingerprint density at radius 3 is 2.68 bits per heavy atom. The van der Waals surface area contributed by atoms with Gasteiger partial charge in [0.05, 0.1) is 11.1 Å². The molecule has 116 valence electrons. The highest BCUT2D eigenvalue weighted by atomic mass is 35.5. The van der Waals surface area contributed by atoms with Crippen LogP contribution in [0.25, 0.3) is 0 Å². The van der Waals surface area contributed by atoms with Gasteiger partial charge >= 0.3 is 0 Å². The molecule has 0 aliphatic heterocycles. The van der Waals surface area contributed by atoms with E-state index < -0.39 is 0 Å². The Morgan fingerprint density at radius 2 is 2.05 bits per heavy atom. The van der Waals surface area contributed by atoms with E-state index in [1.807, 2.05) is 31.2 Å². The third-order valence-electron chi connectivity index (χ3n) is 3.46. The summed E-state index contributed by atoms with van der Waals surface area (Å²) < 4.78 is 0. The minimum atomic E-state index is -0.277. The maximum atomic E-state index is 12.5. The van der Waals surface area contributed by atoms with Crippen LogP contribution in [-0.4, -0.2) is 15.9 Å². The van der Waals surface area contributed by atoms with Crippen molar-refractivity contribution >= 4 is 17.5 Å². The number of aromatic nitrogens is 2. The van der Waals surface area contributed by atoms with Gasteiger partial charge in [0, 0.05) is 6.20 Å². The number of carbonyl (C=O) groups is 1. The van der Waals surface area contributed by atoms with Gasteiger partial charge < -0.3 is 5.32 Å². The van der Waals surface area contributed by atoms with Crippen molar-refractivity contribution in [3.05, 3.63) is 58.6 Å². The molecule has 2 rings (SSSR count). The molecule has 1 N–H and O–H groups in total. The first-order valence-corrected chi connectivity index (χ1v) is 7.68. The lowest BCUT2D eigenvalue weighted by atomic mass is 9.94. The Balaban J connectivity index is 2.26. The molecule has 0 spiro atoms. The van der Waals surface area contributed by atoms with Crippen molar-refractivity contribution in [2.24, 2.45) is 5.92 Å². The van der Waals surface area contributed by atoms with Crippen molar-refractivity contribution in [3.63, 3.8) is 0 Å². The number of benzene rings is 1. The molecular formula is C17H20ClN3O. The lowest BCUT2D eigenvalue weighted by Gasteiger charge is -2.22. The van der Waals surface area contributed by atoms with Crippen molar-refractivity contribution in [1.82, 2.24) is 15.3 Å². The molecule has 0 aliphatic carbocycles. The number of rotatable bonds is 5. The Hall–Kier alpha value is -1.94. The first-order valence-electron chi connectivity index (χ1n) is 7.31. The van der Waals surface area contributed by atoms with Crippen LogP contribution >= 0.6 is 11.6 Å². The molecular weight excluding hydrogens is 298 g/mol. The van der Waals surface area contributed by atoms with Crippen LogP contribution in [0.3, 0.4) is 0 Å². The molecule has 0 saturated carbocycles. The van der Waals surface area contributed by atoms with Crippen LogP contribution in [0.5, 0.6) is 0 Å². The average Bonchev–Trinajstić information content (AvgIpc) is 2.47. The van der Waals surface area contributed by atoms with Crippen molar-refractivity contribution in [1.29, 1.82) is 0 Å². The summed E-state index contributed by atoms with van der Waals surface area (Å²) in [4.78, 5) is 20.2. The number of nitrogens with one attached hydrogen (secondary N) is 1. The first kappa shape index (κ1) is 16.4. The minimum absolute atomic E-state index is 0.0697. The van der Waals surface area contributed by atoms with Gasteiger partial charge in [0.2, 0.25) is 0 Å². The van der Waals surface area contributed by atoms with Gasteiger partial charge in [-0.05, 0) is 30.4 Å². The summed E-state index contributed by atoms with van der Waals surface area (Å²) >= 11 is 6.00. The predicted molar refractivity (Wildman–Crippen MR) is 87.9 cm³/mol. The Kier molecular flexibility index (Phi) is 5.50. The SMILES string of the molecule is Cc1ccccc1C(CC(C)C)NC(=O)c1ncncc1Cl. The van der Waals surface area contributed by atoms with Crippen LogP contribution in [0.4, 0.5) is 0 Å². The van der Waals surface area contributed by atoms with Crippen LogP contribution in [-0.2, 0) is 0 Å². The van der Waals surface area contributed by atoms with E-state index in [4.69, 9.17) is 11.6 Å². The fraction of sp³-hybridized carbons (Fsp3) is 0.353. The van der Waals surface area contributed by atoms with E-state index in [-0.39, 0.29) is 22.7 Å². The first-order chi connectivity index (χ1) is 10.5. The zero-order chi connectivity index (χ0) is 16.1. The molecule has 4 nitrogen and oxygen atoms in total. The van der Waals surface area contributed by atoms with E-state index in [1.165, 1.54) is 12.5 Å². The second kappa shape index (κ2) is 7.36. The van der Waals surface area contributed by atoms with E-state index in [0.29, 0.717) is 5.92 Å². The number of aryl methyl sites for hydroxylation is 1. The molecule has 0 bridgehead atoms. The van der Waals surface area contributed by atoms with Crippen LogP contribution in [0, 0.1) is 12.8 Å². The third-order valence-corrected chi connectivity index (χ3v) is 3.74. The van der Waals surface area contributed by atoms with Crippen LogP contribution in [0.1, 0.15) is 47.9 Å². The summed E-state index contributed by atoms with van der Waals surface area (Å²) in [5, 5.41) is 3.31. The summed E-state index contributed by atoms with van der Waals surface area (Å²) in [5.41, 5.74) is 2.48. The van der Waals surface area contributed by atoms with E-state index in [2.05, 4.69) is 29.1 Å². The topological polar surface area (TPSA) is 54.9 Å². The molecule has 1 aromatic heterocycles. The third kappa shape index (κ3) is 4.04. The van der Waals surface area contributed by atoms with Gasteiger partial charge in [0.15, 0.2) is 0 Å². The molecule has 2 aromatic rings. The minimum Gasteiger partial charge on any atom is -0.344 e. The molecule has 5 heteroatoms. The molecule has 0 radical (unpaired) electrons.